The SMILES string of the molecule is C/C=C(/C)C#CC1(O)C(C)=CC(=O)CC1(C)C. The van der Waals surface area contributed by atoms with Crippen LogP contribution in [0, 0.1) is 17.3 Å². The van der Waals surface area contributed by atoms with Gasteiger partial charge in [-0.05, 0) is 38.0 Å². The van der Waals surface area contributed by atoms with E-state index in [2.05, 4.69) is 11.8 Å². The summed E-state index contributed by atoms with van der Waals surface area (Å²) in [4.78, 5) is 11.5. The summed E-state index contributed by atoms with van der Waals surface area (Å²) in [6.07, 6.45) is 3.73. The molecule has 1 unspecified atom stereocenters. The maximum absolute atomic E-state index is 11.5. The number of allylic oxidation sites excluding steroid dienone is 3. The van der Waals surface area contributed by atoms with Crippen LogP contribution in [0.3, 0.4) is 0 Å². The first kappa shape index (κ1) is 13.7. The smallest absolute Gasteiger partial charge is 0.156 e. The first-order valence-electron chi connectivity index (χ1n) is 5.83. The average molecular weight is 232 g/mol. The first-order chi connectivity index (χ1) is 7.73. The van der Waals surface area contributed by atoms with Crippen molar-refractivity contribution in [3.63, 3.8) is 0 Å². The van der Waals surface area contributed by atoms with Gasteiger partial charge >= 0.3 is 0 Å². The van der Waals surface area contributed by atoms with Crippen LogP contribution in [0.15, 0.2) is 23.3 Å². The van der Waals surface area contributed by atoms with Crippen LogP contribution in [0.4, 0.5) is 0 Å². The Hall–Kier alpha value is -1.33. The van der Waals surface area contributed by atoms with Gasteiger partial charge in [0.25, 0.3) is 0 Å². The lowest BCUT2D eigenvalue weighted by Gasteiger charge is -2.42. The van der Waals surface area contributed by atoms with E-state index in [1.54, 1.807) is 6.92 Å². The molecule has 2 heteroatoms. The van der Waals surface area contributed by atoms with Gasteiger partial charge in [0.15, 0.2) is 11.4 Å². The minimum atomic E-state index is -1.22. The molecule has 1 aliphatic carbocycles. The topological polar surface area (TPSA) is 37.3 Å². The molecular weight excluding hydrogens is 212 g/mol. The van der Waals surface area contributed by atoms with Crippen LogP contribution in [0.2, 0.25) is 0 Å². The van der Waals surface area contributed by atoms with Crippen LogP contribution in [0.1, 0.15) is 41.0 Å². The molecule has 0 heterocycles. The lowest BCUT2D eigenvalue weighted by molar-refractivity contribution is -0.121. The maximum atomic E-state index is 11.5. The zero-order valence-electron chi connectivity index (χ0n) is 11.2. The Bertz CT molecular complexity index is 455. The number of ketones is 1. The van der Waals surface area contributed by atoms with Gasteiger partial charge in [0.05, 0.1) is 0 Å². The van der Waals surface area contributed by atoms with E-state index in [0.717, 1.165) is 5.57 Å². The Morgan fingerprint density at radius 2 is 2.12 bits per heavy atom. The third kappa shape index (κ3) is 2.50. The number of hydrogen-bond acceptors (Lipinski definition) is 2. The monoisotopic (exact) mass is 232 g/mol. The Labute approximate surface area is 103 Å². The zero-order chi connectivity index (χ0) is 13.3. The molecule has 0 amide bonds. The highest BCUT2D eigenvalue weighted by Crippen LogP contribution is 2.42. The lowest BCUT2D eigenvalue weighted by atomic mass is 9.65. The second kappa shape index (κ2) is 4.50. The van der Waals surface area contributed by atoms with Gasteiger partial charge in [0, 0.05) is 11.8 Å². The van der Waals surface area contributed by atoms with Crippen molar-refractivity contribution >= 4 is 5.78 Å². The summed E-state index contributed by atoms with van der Waals surface area (Å²) >= 11 is 0. The summed E-state index contributed by atoms with van der Waals surface area (Å²) in [6.45, 7) is 9.32. The molecule has 0 aromatic carbocycles. The van der Waals surface area contributed by atoms with E-state index < -0.39 is 11.0 Å². The van der Waals surface area contributed by atoms with Gasteiger partial charge in [-0.2, -0.15) is 0 Å². The van der Waals surface area contributed by atoms with E-state index in [1.807, 2.05) is 33.8 Å². The van der Waals surface area contributed by atoms with Gasteiger partial charge in [-0.25, -0.2) is 0 Å². The van der Waals surface area contributed by atoms with Crippen LogP contribution < -0.4 is 0 Å². The minimum absolute atomic E-state index is 0.0572. The van der Waals surface area contributed by atoms with Crippen molar-refractivity contribution in [2.24, 2.45) is 5.41 Å². The molecule has 1 rings (SSSR count). The predicted molar refractivity (Wildman–Crippen MR) is 69.3 cm³/mol. The molecule has 0 aromatic rings. The average Bonchev–Trinajstić information content (AvgIpc) is 2.22. The Balaban J connectivity index is 3.27. The normalized spacial score (nSPS) is 28.2. The predicted octanol–water partition coefficient (Wildman–Crippen LogP) is 2.63. The highest BCUT2D eigenvalue weighted by atomic mass is 16.3. The van der Waals surface area contributed by atoms with Crippen molar-refractivity contribution in [2.75, 3.05) is 0 Å². The molecule has 0 aliphatic heterocycles. The number of aliphatic hydroxyl groups is 1. The standard InChI is InChI=1S/C15H20O2/c1-6-11(2)7-8-15(17)12(3)9-13(16)10-14(15,4)5/h6,9,17H,10H2,1-5H3/b11-6-. The van der Waals surface area contributed by atoms with Crippen LogP contribution in [0.5, 0.6) is 0 Å². The molecule has 1 N–H and O–H groups in total. The van der Waals surface area contributed by atoms with Gasteiger partial charge in [-0.3, -0.25) is 4.79 Å². The van der Waals surface area contributed by atoms with Gasteiger partial charge in [-0.1, -0.05) is 31.8 Å². The van der Waals surface area contributed by atoms with Crippen LogP contribution >= 0.6 is 0 Å². The first-order valence-corrected chi connectivity index (χ1v) is 5.83. The van der Waals surface area contributed by atoms with Crippen LogP contribution in [-0.4, -0.2) is 16.5 Å². The minimum Gasteiger partial charge on any atom is -0.373 e. The molecule has 2 nitrogen and oxygen atoms in total. The number of rotatable bonds is 0. The van der Waals surface area contributed by atoms with Crippen molar-refractivity contribution in [1.29, 1.82) is 0 Å². The highest BCUT2D eigenvalue weighted by Gasteiger charge is 2.47. The maximum Gasteiger partial charge on any atom is 0.156 e. The van der Waals surface area contributed by atoms with Crippen molar-refractivity contribution < 1.29 is 9.90 Å². The number of carbonyl (C=O) groups is 1. The summed E-state index contributed by atoms with van der Waals surface area (Å²) in [5.74, 6) is 5.94. The molecule has 0 saturated carbocycles. The fraction of sp³-hybridized carbons (Fsp3) is 0.533. The van der Waals surface area contributed by atoms with E-state index in [0.29, 0.717) is 12.0 Å². The van der Waals surface area contributed by atoms with E-state index in [9.17, 15) is 9.90 Å². The van der Waals surface area contributed by atoms with Crippen LogP contribution in [0.25, 0.3) is 0 Å². The van der Waals surface area contributed by atoms with Crippen molar-refractivity contribution in [1.82, 2.24) is 0 Å². The van der Waals surface area contributed by atoms with E-state index in [-0.39, 0.29) is 5.78 Å². The largest absolute Gasteiger partial charge is 0.373 e. The number of hydrogen-bond donors (Lipinski definition) is 1. The summed E-state index contributed by atoms with van der Waals surface area (Å²) in [5, 5.41) is 10.7. The fourth-order valence-corrected chi connectivity index (χ4v) is 2.02. The molecule has 0 saturated heterocycles. The Morgan fingerprint density at radius 1 is 1.53 bits per heavy atom. The Morgan fingerprint density at radius 3 is 2.59 bits per heavy atom. The van der Waals surface area contributed by atoms with Gasteiger partial charge in [0.2, 0.25) is 0 Å². The summed E-state index contributed by atoms with van der Waals surface area (Å²) < 4.78 is 0. The third-order valence-corrected chi connectivity index (χ3v) is 3.42. The van der Waals surface area contributed by atoms with Crippen molar-refractivity contribution in [3.8, 4) is 11.8 Å². The molecule has 17 heavy (non-hydrogen) atoms. The molecule has 0 fully saturated rings. The summed E-state index contributed by atoms with van der Waals surface area (Å²) in [5.41, 5.74) is -0.219. The quantitative estimate of drug-likeness (QED) is 0.652. The van der Waals surface area contributed by atoms with E-state index in [4.69, 9.17) is 0 Å². The third-order valence-electron chi connectivity index (χ3n) is 3.42. The van der Waals surface area contributed by atoms with Gasteiger partial charge in [0.1, 0.15) is 0 Å². The second-order valence-electron chi connectivity index (χ2n) is 5.29. The van der Waals surface area contributed by atoms with Crippen molar-refractivity contribution in [3.05, 3.63) is 23.3 Å². The molecular formula is C15H20O2. The molecule has 0 spiro atoms. The fourth-order valence-electron chi connectivity index (χ4n) is 2.02. The molecule has 1 aliphatic rings. The van der Waals surface area contributed by atoms with Crippen LogP contribution in [-0.2, 0) is 4.79 Å². The lowest BCUT2D eigenvalue weighted by Crippen LogP contribution is -2.48. The molecule has 0 bridgehead atoms. The van der Waals surface area contributed by atoms with Gasteiger partial charge < -0.3 is 5.11 Å². The highest BCUT2D eigenvalue weighted by molar-refractivity contribution is 5.93. The zero-order valence-corrected chi connectivity index (χ0v) is 11.2. The summed E-state index contributed by atoms with van der Waals surface area (Å²) in [6, 6.07) is 0. The molecule has 92 valence electrons. The summed E-state index contributed by atoms with van der Waals surface area (Å²) in [7, 11) is 0. The molecule has 1 atom stereocenters. The van der Waals surface area contributed by atoms with Crippen molar-refractivity contribution in [2.45, 2.75) is 46.6 Å². The van der Waals surface area contributed by atoms with E-state index in [1.165, 1.54) is 6.08 Å². The second-order valence-corrected chi connectivity index (χ2v) is 5.29. The number of carbonyl (C=O) groups excluding carboxylic acids is 1. The molecule has 0 radical (unpaired) electrons. The Kier molecular flexibility index (Phi) is 3.64. The van der Waals surface area contributed by atoms with Gasteiger partial charge in [-0.15, -0.1) is 0 Å². The van der Waals surface area contributed by atoms with E-state index >= 15 is 0 Å². The molecule has 0 aromatic heterocycles.